The van der Waals surface area contributed by atoms with Gasteiger partial charge < -0.3 is 15.2 Å². The molecule has 0 aromatic heterocycles. The summed E-state index contributed by atoms with van der Waals surface area (Å²) in [7, 11) is 0. The predicted octanol–water partition coefficient (Wildman–Crippen LogP) is 5.10. The molecule has 0 atom stereocenters. The molecule has 2 N–H and O–H groups in total. The highest BCUT2D eigenvalue weighted by molar-refractivity contribution is 6.35. The average molecular weight is 326 g/mol. The molecule has 0 aliphatic carbocycles. The second-order valence-corrected chi connectivity index (χ2v) is 5.47. The summed E-state index contributed by atoms with van der Waals surface area (Å²) in [6.07, 6.45) is 0.981. The Labute approximate surface area is 134 Å². The lowest BCUT2D eigenvalue weighted by molar-refractivity contribution is 0.317. The van der Waals surface area contributed by atoms with Crippen molar-refractivity contribution in [1.29, 1.82) is 0 Å². The number of aromatic hydroxyl groups is 1. The van der Waals surface area contributed by atoms with Crippen LogP contribution in [0.1, 0.15) is 18.9 Å². The van der Waals surface area contributed by atoms with Crippen molar-refractivity contribution in [2.45, 2.75) is 19.9 Å². The Morgan fingerprint density at radius 3 is 2.52 bits per heavy atom. The van der Waals surface area contributed by atoms with Crippen LogP contribution in [0.3, 0.4) is 0 Å². The lowest BCUT2D eigenvalue weighted by Crippen LogP contribution is -2.00. The van der Waals surface area contributed by atoms with Gasteiger partial charge in [0.15, 0.2) is 0 Å². The van der Waals surface area contributed by atoms with Gasteiger partial charge in [-0.05, 0) is 42.8 Å². The minimum absolute atomic E-state index is 0.0523. The van der Waals surface area contributed by atoms with Crippen molar-refractivity contribution in [3.05, 3.63) is 52.0 Å². The van der Waals surface area contributed by atoms with E-state index in [2.05, 4.69) is 12.2 Å². The standard InChI is InChI=1S/C16H17Cl2NO2/c1-2-7-21-14-5-3-13(4-6-14)19-10-11-8-12(17)9-15(18)16(11)20/h3-6,8-9,19-20H,2,7,10H2,1H3. The van der Waals surface area contributed by atoms with Gasteiger partial charge in [-0.2, -0.15) is 0 Å². The highest BCUT2D eigenvalue weighted by Gasteiger charge is 2.07. The van der Waals surface area contributed by atoms with Gasteiger partial charge in [-0.1, -0.05) is 30.1 Å². The van der Waals surface area contributed by atoms with E-state index in [1.165, 1.54) is 6.07 Å². The Morgan fingerprint density at radius 1 is 1.14 bits per heavy atom. The first-order valence-electron chi connectivity index (χ1n) is 6.73. The first-order valence-corrected chi connectivity index (χ1v) is 7.49. The molecule has 2 rings (SSSR count). The summed E-state index contributed by atoms with van der Waals surface area (Å²) in [5.74, 6) is 0.896. The third-order valence-corrected chi connectivity index (χ3v) is 3.42. The normalized spacial score (nSPS) is 10.4. The maximum Gasteiger partial charge on any atom is 0.139 e. The lowest BCUT2D eigenvalue weighted by atomic mass is 10.2. The van der Waals surface area contributed by atoms with Crippen molar-refractivity contribution in [2.24, 2.45) is 0 Å². The van der Waals surface area contributed by atoms with E-state index < -0.39 is 0 Å². The summed E-state index contributed by atoms with van der Waals surface area (Å²) in [4.78, 5) is 0. The maximum absolute atomic E-state index is 9.89. The van der Waals surface area contributed by atoms with Crippen LogP contribution in [-0.4, -0.2) is 11.7 Å². The van der Waals surface area contributed by atoms with E-state index in [4.69, 9.17) is 27.9 Å². The van der Waals surface area contributed by atoms with Crippen molar-refractivity contribution >= 4 is 28.9 Å². The number of hydrogen-bond acceptors (Lipinski definition) is 3. The Hall–Kier alpha value is -1.58. The predicted molar refractivity (Wildman–Crippen MR) is 87.7 cm³/mol. The van der Waals surface area contributed by atoms with Crippen molar-refractivity contribution in [1.82, 2.24) is 0 Å². The van der Waals surface area contributed by atoms with Crippen LogP contribution in [0.5, 0.6) is 11.5 Å². The van der Waals surface area contributed by atoms with Crippen LogP contribution in [0.15, 0.2) is 36.4 Å². The quantitative estimate of drug-likeness (QED) is 0.776. The van der Waals surface area contributed by atoms with Crippen molar-refractivity contribution < 1.29 is 9.84 Å². The molecule has 0 unspecified atom stereocenters. The van der Waals surface area contributed by atoms with Crippen LogP contribution in [0.4, 0.5) is 5.69 Å². The highest BCUT2D eigenvalue weighted by Crippen LogP contribution is 2.31. The Kier molecular flexibility index (Phi) is 5.59. The molecule has 0 aliphatic rings. The molecule has 3 nitrogen and oxygen atoms in total. The zero-order chi connectivity index (χ0) is 15.2. The Bertz CT molecular complexity index is 600. The third-order valence-electron chi connectivity index (χ3n) is 2.92. The van der Waals surface area contributed by atoms with Crippen LogP contribution in [-0.2, 0) is 6.54 Å². The number of benzene rings is 2. The monoisotopic (exact) mass is 325 g/mol. The number of halogens is 2. The lowest BCUT2D eigenvalue weighted by Gasteiger charge is -2.11. The fourth-order valence-corrected chi connectivity index (χ4v) is 2.38. The highest BCUT2D eigenvalue weighted by atomic mass is 35.5. The summed E-state index contributed by atoms with van der Waals surface area (Å²) in [6.45, 7) is 3.21. The van der Waals surface area contributed by atoms with Gasteiger partial charge in [-0.25, -0.2) is 0 Å². The maximum atomic E-state index is 9.89. The number of rotatable bonds is 6. The first-order chi connectivity index (χ1) is 10.1. The van der Waals surface area contributed by atoms with Gasteiger partial charge in [0.25, 0.3) is 0 Å². The van der Waals surface area contributed by atoms with Crippen LogP contribution >= 0.6 is 23.2 Å². The molecule has 0 saturated carbocycles. The molecule has 0 bridgehead atoms. The molecule has 0 spiro atoms. The number of ether oxygens (including phenoxy) is 1. The van der Waals surface area contributed by atoms with E-state index in [1.54, 1.807) is 6.07 Å². The molecule has 2 aromatic carbocycles. The number of hydrogen-bond donors (Lipinski definition) is 2. The first kappa shape index (κ1) is 15.8. The molecular formula is C16H17Cl2NO2. The van der Waals surface area contributed by atoms with E-state index >= 15 is 0 Å². The molecule has 0 amide bonds. The van der Waals surface area contributed by atoms with Crippen LogP contribution in [0, 0.1) is 0 Å². The van der Waals surface area contributed by atoms with Crippen molar-refractivity contribution in [3.63, 3.8) is 0 Å². The number of anilines is 1. The van der Waals surface area contributed by atoms with Gasteiger partial charge in [0, 0.05) is 22.8 Å². The summed E-state index contributed by atoms with van der Waals surface area (Å²) in [6, 6.07) is 10.9. The van der Waals surface area contributed by atoms with E-state index in [-0.39, 0.29) is 10.8 Å². The molecule has 112 valence electrons. The zero-order valence-electron chi connectivity index (χ0n) is 11.7. The number of phenols is 1. The van der Waals surface area contributed by atoms with Gasteiger partial charge in [0.2, 0.25) is 0 Å². The Morgan fingerprint density at radius 2 is 1.86 bits per heavy atom. The van der Waals surface area contributed by atoms with Gasteiger partial charge in [0.1, 0.15) is 11.5 Å². The van der Waals surface area contributed by atoms with E-state index in [9.17, 15) is 5.11 Å². The second-order valence-electron chi connectivity index (χ2n) is 4.62. The summed E-state index contributed by atoms with van der Waals surface area (Å²) in [5, 5.41) is 13.8. The number of phenolic OH excluding ortho intramolecular Hbond substituents is 1. The van der Waals surface area contributed by atoms with E-state index in [0.29, 0.717) is 23.7 Å². The topological polar surface area (TPSA) is 41.5 Å². The molecular weight excluding hydrogens is 309 g/mol. The molecule has 21 heavy (non-hydrogen) atoms. The van der Waals surface area contributed by atoms with Gasteiger partial charge >= 0.3 is 0 Å². The minimum atomic E-state index is 0.0523. The summed E-state index contributed by atoms with van der Waals surface area (Å²) < 4.78 is 5.52. The van der Waals surface area contributed by atoms with Crippen molar-refractivity contribution in [2.75, 3.05) is 11.9 Å². The number of nitrogens with one attached hydrogen (secondary N) is 1. The SMILES string of the molecule is CCCOc1ccc(NCc2cc(Cl)cc(Cl)c2O)cc1. The molecule has 2 aromatic rings. The Balaban J connectivity index is 2.00. The fraction of sp³-hybridized carbons (Fsp3) is 0.250. The second kappa shape index (κ2) is 7.43. The zero-order valence-corrected chi connectivity index (χ0v) is 13.2. The van der Waals surface area contributed by atoms with Gasteiger partial charge in [-0.15, -0.1) is 0 Å². The van der Waals surface area contributed by atoms with Gasteiger partial charge in [-0.3, -0.25) is 0 Å². The molecule has 5 heteroatoms. The third kappa shape index (κ3) is 4.45. The van der Waals surface area contributed by atoms with E-state index in [0.717, 1.165) is 17.9 Å². The molecule has 0 saturated heterocycles. The van der Waals surface area contributed by atoms with Gasteiger partial charge in [0.05, 0.1) is 11.6 Å². The molecule has 0 radical (unpaired) electrons. The molecule has 0 heterocycles. The van der Waals surface area contributed by atoms with Crippen molar-refractivity contribution in [3.8, 4) is 11.5 Å². The smallest absolute Gasteiger partial charge is 0.139 e. The van der Waals surface area contributed by atoms with E-state index in [1.807, 2.05) is 24.3 Å². The fourth-order valence-electron chi connectivity index (χ4n) is 1.84. The molecule has 0 fully saturated rings. The van der Waals surface area contributed by atoms with Crippen LogP contribution in [0.25, 0.3) is 0 Å². The average Bonchev–Trinajstić information content (AvgIpc) is 2.48. The largest absolute Gasteiger partial charge is 0.506 e. The van der Waals surface area contributed by atoms with Crippen LogP contribution < -0.4 is 10.1 Å². The van der Waals surface area contributed by atoms with Crippen LogP contribution in [0.2, 0.25) is 10.0 Å². The summed E-state index contributed by atoms with van der Waals surface area (Å²) in [5.41, 5.74) is 1.58. The summed E-state index contributed by atoms with van der Waals surface area (Å²) >= 11 is 11.8. The minimum Gasteiger partial charge on any atom is -0.506 e. The molecule has 0 aliphatic heterocycles.